The first-order valence-electron chi connectivity index (χ1n) is 21.4. The Morgan fingerprint density at radius 2 is 1.13 bits per heavy atom. The summed E-state index contributed by atoms with van der Waals surface area (Å²) in [5, 5.41) is 0. The molecular formula is C55H56BrN5O6. The van der Waals surface area contributed by atoms with Crippen molar-refractivity contribution in [3.8, 4) is 34.0 Å². The molecule has 3 heterocycles. The molecule has 1 aliphatic heterocycles. The Labute approximate surface area is 401 Å². The molecule has 0 atom stereocenters. The first-order chi connectivity index (χ1) is 31.8. The molecule has 0 N–H and O–H groups in total. The van der Waals surface area contributed by atoms with E-state index in [1.165, 1.54) is 25.3 Å². The van der Waals surface area contributed by atoms with E-state index in [1.54, 1.807) is 38.5 Å². The van der Waals surface area contributed by atoms with Crippen LogP contribution in [0.2, 0.25) is 0 Å². The number of anilines is 2. The summed E-state index contributed by atoms with van der Waals surface area (Å²) in [6.07, 6.45) is 5.67. The molecule has 9 rings (SSSR count). The van der Waals surface area contributed by atoms with Crippen molar-refractivity contribution in [2.45, 2.75) is 53.4 Å². The number of carbonyl (C=O) groups is 2. The monoisotopic (exact) mass is 961 g/mol. The van der Waals surface area contributed by atoms with Gasteiger partial charge in [0.1, 0.15) is 17.2 Å². The minimum Gasteiger partial charge on any atom is -0.497 e. The maximum atomic E-state index is 12.1. The predicted molar refractivity (Wildman–Crippen MR) is 272 cm³/mol. The summed E-state index contributed by atoms with van der Waals surface area (Å²) in [4.78, 5) is 46.1. The van der Waals surface area contributed by atoms with Crippen LogP contribution in [0.4, 0.5) is 11.5 Å². The molecule has 344 valence electrons. The minimum absolute atomic E-state index is 0. The van der Waals surface area contributed by atoms with E-state index in [0.717, 1.165) is 112 Å². The van der Waals surface area contributed by atoms with Crippen molar-refractivity contribution < 1.29 is 28.5 Å². The number of unbranched alkanes of at least 4 members (excludes halogenated alkanes) is 1. The van der Waals surface area contributed by atoms with E-state index in [4.69, 9.17) is 38.9 Å². The summed E-state index contributed by atoms with van der Waals surface area (Å²) < 4.78 is 21.6. The van der Waals surface area contributed by atoms with Gasteiger partial charge in [0.2, 0.25) is 0 Å². The molecule has 1 aliphatic rings. The molecule has 0 saturated carbocycles. The number of methoxy groups -OCH3 is 4. The van der Waals surface area contributed by atoms with Crippen LogP contribution in [0.3, 0.4) is 0 Å². The molecule has 0 bridgehead atoms. The van der Waals surface area contributed by atoms with Crippen LogP contribution in [0.15, 0.2) is 138 Å². The average molecular weight is 963 g/mol. The van der Waals surface area contributed by atoms with Crippen molar-refractivity contribution in [3.63, 3.8) is 0 Å². The summed E-state index contributed by atoms with van der Waals surface area (Å²) in [5.74, 6) is 1.72. The zero-order valence-corrected chi connectivity index (χ0v) is 38.3. The summed E-state index contributed by atoms with van der Waals surface area (Å²) in [7, 11) is 6.12. The SMILES string of the molecule is C.C.COC(=O)c1ccc2nc(-c3ccccc3)c(CCCCc3cc(OC)ccc3Br)nc2c1.COC(=O)c1ccc2nc(-c3ccccc3)c(N3CCCc4cc(OC)ccc43)nc2c1. The van der Waals surface area contributed by atoms with E-state index in [0.29, 0.717) is 22.2 Å². The molecule has 0 radical (unpaired) electrons. The third kappa shape index (κ3) is 11.3. The minimum atomic E-state index is -0.391. The lowest BCUT2D eigenvalue weighted by Crippen LogP contribution is -2.26. The second-order valence-corrected chi connectivity index (χ2v) is 16.3. The van der Waals surface area contributed by atoms with Gasteiger partial charge in [-0.05, 0) is 122 Å². The van der Waals surface area contributed by atoms with Gasteiger partial charge in [0.25, 0.3) is 0 Å². The number of hydrogen-bond donors (Lipinski definition) is 0. The molecule has 12 heteroatoms. The molecular weight excluding hydrogens is 907 g/mol. The van der Waals surface area contributed by atoms with Gasteiger partial charge in [-0.1, -0.05) is 91.4 Å². The van der Waals surface area contributed by atoms with Crippen molar-refractivity contribution in [2.24, 2.45) is 0 Å². The van der Waals surface area contributed by atoms with Crippen LogP contribution in [-0.2, 0) is 28.7 Å². The molecule has 67 heavy (non-hydrogen) atoms. The average Bonchev–Trinajstić information content (AvgIpc) is 3.36. The molecule has 6 aromatic carbocycles. The van der Waals surface area contributed by atoms with Crippen molar-refractivity contribution in [1.29, 1.82) is 0 Å². The van der Waals surface area contributed by atoms with Gasteiger partial charge in [-0.3, -0.25) is 0 Å². The highest BCUT2D eigenvalue weighted by molar-refractivity contribution is 9.10. The molecule has 0 fully saturated rings. The van der Waals surface area contributed by atoms with Crippen molar-refractivity contribution >= 4 is 61.4 Å². The Morgan fingerprint density at radius 1 is 0.582 bits per heavy atom. The van der Waals surface area contributed by atoms with E-state index < -0.39 is 5.97 Å². The molecule has 0 amide bonds. The Morgan fingerprint density at radius 3 is 1.75 bits per heavy atom. The molecule has 0 aliphatic carbocycles. The maximum Gasteiger partial charge on any atom is 0.337 e. The second kappa shape index (κ2) is 22.8. The molecule has 2 aromatic heterocycles. The van der Waals surface area contributed by atoms with Gasteiger partial charge in [0.05, 0.1) is 73.0 Å². The number of aromatic nitrogens is 4. The summed E-state index contributed by atoms with van der Waals surface area (Å²) in [6, 6.07) is 43.0. The number of carbonyl (C=O) groups excluding carboxylic acids is 2. The zero-order chi connectivity index (χ0) is 45.3. The Kier molecular flexibility index (Phi) is 16.8. The highest BCUT2D eigenvalue weighted by Gasteiger charge is 2.25. The van der Waals surface area contributed by atoms with Crippen LogP contribution < -0.4 is 14.4 Å². The quantitative estimate of drug-likeness (QED) is 0.0858. The zero-order valence-electron chi connectivity index (χ0n) is 36.7. The van der Waals surface area contributed by atoms with Crippen molar-refractivity contribution in [2.75, 3.05) is 39.9 Å². The summed E-state index contributed by atoms with van der Waals surface area (Å²) >= 11 is 3.63. The lowest BCUT2D eigenvalue weighted by atomic mass is 10.0. The van der Waals surface area contributed by atoms with Crippen LogP contribution in [0.25, 0.3) is 44.6 Å². The van der Waals surface area contributed by atoms with Gasteiger partial charge in [0, 0.05) is 27.8 Å². The van der Waals surface area contributed by atoms with E-state index in [-0.39, 0.29) is 20.8 Å². The van der Waals surface area contributed by atoms with Crippen LogP contribution in [-0.4, -0.2) is 66.9 Å². The lowest BCUT2D eigenvalue weighted by molar-refractivity contribution is 0.0592. The summed E-state index contributed by atoms with van der Waals surface area (Å²) in [5.41, 5.74) is 12.0. The van der Waals surface area contributed by atoms with Gasteiger partial charge in [-0.15, -0.1) is 0 Å². The van der Waals surface area contributed by atoms with Crippen molar-refractivity contribution in [3.05, 3.63) is 166 Å². The number of fused-ring (bicyclic) bond motifs is 3. The van der Waals surface area contributed by atoms with Gasteiger partial charge < -0.3 is 23.8 Å². The van der Waals surface area contributed by atoms with Gasteiger partial charge in [-0.25, -0.2) is 29.5 Å². The number of ether oxygens (including phenoxy) is 4. The first-order valence-corrected chi connectivity index (χ1v) is 22.2. The number of halogens is 1. The summed E-state index contributed by atoms with van der Waals surface area (Å²) in [6.45, 7) is 0.829. The molecule has 0 unspecified atom stereocenters. The van der Waals surface area contributed by atoms with E-state index >= 15 is 0 Å². The highest BCUT2D eigenvalue weighted by Crippen LogP contribution is 2.39. The number of rotatable bonds is 12. The Hall–Kier alpha value is -7.18. The molecule has 0 spiro atoms. The van der Waals surface area contributed by atoms with E-state index in [9.17, 15) is 9.59 Å². The third-order valence-electron chi connectivity index (χ3n) is 11.3. The third-order valence-corrected chi connectivity index (χ3v) is 12.1. The van der Waals surface area contributed by atoms with Crippen LogP contribution >= 0.6 is 15.9 Å². The van der Waals surface area contributed by atoms with E-state index in [1.807, 2.05) is 78.9 Å². The van der Waals surface area contributed by atoms with Gasteiger partial charge in [0.15, 0.2) is 5.82 Å². The van der Waals surface area contributed by atoms with Crippen LogP contribution in [0.5, 0.6) is 11.5 Å². The normalized spacial score (nSPS) is 11.6. The number of hydrogen-bond acceptors (Lipinski definition) is 11. The van der Waals surface area contributed by atoms with Gasteiger partial charge in [-0.2, -0.15) is 0 Å². The van der Waals surface area contributed by atoms with Gasteiger partial charge >= 0.3 is 11.9 Å². The second-order valence-electron chi connectivity index (χ2n) is 15.5. The molecule has 0 saturated heterocycles. The lowest BCUT2D eigenvalue weighted by Gasteiger charge is -2.32. The number of nitrogens with zero attached hydrogens (tertiary/aromatic N) is 5. The Balaban J connectivity index is 0.000000215. The molecule has 11 nitrogen and oxygen atoms in total. The standard InChI is InChI=1S/C27H25BrN2O3.C26H23N3O3.2CH4/c1-32-21-13-14-22(28)19(16-21)10-6-7-11-24-26(18-8-4-3-5-9-18)30-23-15-12-20(27(31)33-2)17-25(23)29-24;1-31-20-11-13-23-18(15-20)9-6-14-29(23)25-24(17-7-4-3-5-8-17)27-21-12-10-19(26(30)32-2)16-22(21)28-25;;/h3-5,8-9,12-17H,6-7,10-11H2,1-2H3;3-5,7-8,10-13,15-16H,6,9,14H2,1-2H3;2*1H4. The fraction of sp³-hybridized carbons (Fsp3) is 0.236. The fourth-order valence-electron chi connectivity index (χ4n) is 8.00. The smallest absolute Gasteiger partial charge is 0.337 e. The van der Waals surface area contributed by atoms with E-state index in [2.05, 4.69) is 51.2 Å². The first kappa shape index (κ1) is 49.3. The number of aryl methyl sites for hydroxylation is 3. The van der Waals surface area contributed by atoms with Crippen molar-refractivity contribution in [1.82, 2.24) is 19.9 Å². The topological polar surface area (TPSA) is 126 Å². The predicted octanol–water partition coefficient (Wildman–Crippen LogP) is 12.9. The number of esters is 2. The molecule has 8 aromatic rings. The maximum absolute atomic E-state index is 12.1. The highest BCUT2D eigenvalue weighted by atomic mass is 79.9. The van der Waals surface area contributed by atoms with Crippen LogP contribution in [0.1, 0.15) is 71.7 Å². The fourth-order valence-corrected chi connectivity index (χ4v) is 8.45. The Bertz CT molecular complexity index is 2990. The number of benzene rings is 6. The largest absolute Gasteiger partial charge is 0.497 e. The van der Waals surface area contributed by atoms with Crippen LogP contribution in [0, 0.1) is 0 Å².